The van der Waals surface area contributed by atoms with Gasteiger partial charge in [-0.25, -0.2) is 0 Å². The summed E-state index contributed by atoms with van der Waals surface area (Å²) in [6.07, 6.45) is 7.40. The number of rotatable bonds is 5. The topological polar surface area (TPSA) is 80.8 Å². The SMILES string of the molecule is O=C(NC[C@@H]1CC[C@@H]2[C@@H](CN2C(=O)Cc2ccncc2)O1)C1CCOCC1. The number of ether oxygens (including phenoxy) is 2. The second-order valence-corrected chi connectivity index (χ2v) is 7.65. The fourth-order valence-corrected chi connectivity index (χ4v) is 4.19. The molecule has 4 rings (SSSR count). The quantitative estimate of drug-likeness (QED) is 0.830. The molecule has 3 atom stereocenters. The standard InChI is InChI=1S/C20H27N3O4/c24-19(11-14-3-7-21-8-4-14)23-13-18-17(23)2-1-16(27-18)12-22-20(25)15-5-9-26-10-6-15/h3-4,7-8,15-18H,1-2,5-6,9-13H2,(H,22,25)/t16-,17+,18+/m0/s1. The number of aromatic nitrogens is 1. The van der Waals surface area contributed by atoms with E-state index in [2.05, 4.69) is 10.3 Å². The molecule has 0 spiro atoms. The van der Waals surface area contributed by atoms with Crippen molar-refractivity contribution in [1.82, 2.24) is 15.2 Å². The van der Waals surface area contributed by atoms with Crippen LogP contribution in [-0.4, -0.2) is 66.3 Å². The molecule has 0 aromatic carbocycles. The second-order valence-electron chi connectivity index (χ2n) is 7.65. The summed E-state index contributed by atoms with van der Waals surface area (Å²) in [5.74, 6) is 0.337. The maximum absolute atomic E-state index is 12.5. The molecule has 146 valence electrons. The van der Waals surface area contributed by atoms with Gasteiger partial charge in [0, 0.05) is 44.6 Å². The lowest BCUT2D eigenvalue weighted by atomic mass is 9.89. The Bertz CT molecular complexity index is 662. The van der Waals surface area contributed by atoms with Crippen LogP contribution < -0.4 is 5.32 Å². The summed E-state index contributed by atoms with van der Waals surface area (Å²) in [7, 11) is 0. The lowest BCUT2D eigenvalue weighted by molar-refractivity contribution is -0.181. The molecule has 7 nitrogen and oxygen atoms in total. The average molecular weight is 373 g/mol. The van der Waals surface area contributed by atoms with Gasteiger partial charge in [0.25, 0.3) is 0 Å². The van der Waals surface area contributed by atoms with Gasteiger partial charge in [0.05, 0.1) is 24.7 Å². The molecule has 3 fully saturated rings. The Morgan fingerprint density at radius 1 is 1.15 bits per heavy atom. The van der Waals surface area contributed by atoms with E-state index in [1.54, 1.807) is 12.4 Å². The molecular weight excluding hydrogens is 346 g/mol. The zero-order chi connectivity index (χ0) is 18.6. The maximum atomic E-state index is 12.5. The van der Waals surface area contributed by atoms with Gasteiger partial charge in [0.1, 0.15) is 0 Å². The number of hydrogen-bond donors (Lipinski definition) is 1. The molecule has 1 N–H and O–H groups in total. The number of carbonyl (C=O) groups is 2. The highest BCUT2D eigenvalue weighted by atomic mass is 16.5. The van der Waals surface area contributed by atoms with Crippen molar-refractivity contribution in [2.45, 2.75) is 50.4 Å². The van der Waals surface area contributed by atoms with Crippen LogP contribution in [0.3, 0.4) is 0 Å². The first-order valence-corrected chi connectivity index (χ1v) is 9.90. The van der Waals surface area contributed by atoms with Gasteiger partial charge in [-0.05, 0) is 43.4 Å². The number of carbonyl (C=O) groups excluding carboxylic acids is 2. The summed E-state index contributed by atoms with van der Waals surface area (Å²) in [6, 6.07) is 3.94. The lowest BCUT2D eigenvalue weighted by Crippen LogP contribution is -2.66. The molecule has 3 aliphatic rings. The molecule has 4 heterocycles. The van der Waals surface area contributed by atoms with Crippen LogP contribution in [0.5, 0.6) is 0 Å². The number of hydrogen-bond acceptors (Lipinski definition) is 5. The lowest BCUT2D eigenvalue weighted by Gasteiger charge is -2.52. The monoisotopic (exact) mass is 373 g/mol. The highest BCUT2D eigenvalue weighted by Gasteiger charge is 2.46. The van der Waals surface area contributed by atoms with E-state index < -0.39 is 0 Å². The Morgan fingerprint density at radius 3 is 2.67 bits per heavy atom. The van der Waals surface area contributed by atoms with Crippen molar-refractivity contribution in [1.29, 1.82) is 0 Å². The molecular formula is C20H27N3O4. The summed E-state index contributed by atoms with van der Waals surface area (Å²) in [5.41, 5.74) is 0.990. The third-order valence-electron chi connectivity index (χ3n) is 5.88. The molecule has 1 aromatic heterocycles. The van der Waals surface area contributed by atoms with Gasteiger partial charge >= 0.3 is 0 Å². The summed E-state index contributed by atoms with van der Waals surface area (Å²) >= 11 is 0. The maximum Gasteiger partial charge on any atom is 0.227 e. The van der Waals surface area contributed by atoms with Crippen LogP contribution in [0.4, 0.5) is 0 Å². The molecule has 0 unspecified atom stereocenters. The third kappa shape index (κ3) is 4.30. The summed E-state index contributed by atoms with van der Waals surface area (Å²) in [6.45, 7) is 2.56. The minimum Gasteiger partial charge on any atom is -0.381 e. The number of amides is 2. The molecule has 7 heteroatoms. The van der Waals surface area contributed by atoms with E-state index in [4.69, 9.17) is 9.47 Å². The molecule has 0 aliphatic carbocycles. The number of likely N-dealkylation sites (tertiary alicyclic amines) is 1. The smallest absolute Gasteiger partial charge is 0.227 e. The molecule has 0 bridgehead atoms. The van der Waals surface area contributed by atoms with Crippen LogP contribution in [0.15, 0.2) is 24.5 Å². The Balaban J connectivity index is 1.20. The largest absolute Gasteiger partial charge is 0.381 e. The fourth-order valence-electron chi connectivity index (χ4n) is 4.19. The average Bonchev–Trinajstić information content (AvgIpc) is 2.69. The van der Waals surface area contributed by atoms with Gasteiger partial charge < -0.3 is 19.7 Å². The van der Waals surface area contributed by atoms with E-state index >= 15 is 0 Å². The van der Waals surface area contributed by atoms with Crippen molar-refractivity contribution in [2.75, 3.05) is 26.3 Å². The molecule has 0 radical (unpaired) electrons. The van der Waals surface area contributed by atoms with Crippen molar-refractivity contribution < 1.29 is 19.1 Å². The molecule has 0 saturated carbocycles. The summed E-state index contributed by atoms with van der Waals surface area (Å²) in [4.78, 5) is 30.7. The van der Waals surface area contributed by atoms with Crippen LogP contribution in [0, 0.1) is 5.92 Å². The van der Waals surface area contributed by atoms with Gasteiger partial charge in [-0.2, -0.15) is 0 Å². The van der Waals surface area contributed by atoms with Gasteiger partial charge in [-0.15, -0.1) is 0 Å². The number of nitrogens with zero attached hydrogens (tertiary/aromatic N) is 2. The van der Waals surface area contributed by atoms with Gasteiger partial charge in [0.2, 0.25) is 11.8 Å². The third-order valence-corrected chi connectivity index (χ3v) is 5.88. The van der Waals surface area contributed by atoms with Crippen LogP contribution >= 0.6 is 0 Å². The van der Waals surface area contributed by atoms with E-state index in [9.17, 15) is 9.59 Å². The molecule has 1 aromatic rings. The highest BCUT2D eigenvalue weighted by Crippen LogP contribution is 2.32. The second kappa shape index (κ2) is 8.35. The van der Waals surface area contributed by atoms with Crippen molar-refractivity contribution in [3.8, 4) is 0 Å². The number of pyridine rings is 1. The first-order chi connectivity index (χ1) is 13.2. The van der Waals surface area contributed by atoms with E-state index in [1.165, 1.54) is 0 Å². The minimum absolute atomic E-state index is 0.0486. The Hall–Kier alpha value is -1.99. The van der Waals surface area contributed by atoms with Crippen LogP contribution in [0.25, 0.3) is 0 Å². The minimum atomic E-state index is 0.0486. The number of nitrogens with one attached hydrogen (secondary N) is 1. The van der Waals surface area contributed by atoms with Crippen molar-refractivity contribution in [2.24, 2.45) is 5.92 Å². The van der Waals surface area contributed by atoms with Crippen molar-refractivity contribution >= 4 is 11.8 Å². The molecule has 2 amide bonds. The zero-order valence-corrected chi connectivity index (χ0v) is 15.5. The fraction of sp³-hybridized carbons (Fsp3) is 0.650. The van der Waals surface area contributed by atoms with Gasteiger partial charge in [-0.1, -0.05) is 0 Å². The predicted molar refractivity (Wildman–Crippen MR) is 97.9 cm³/mol. The van der Waals surface area contributed by atoms with E-state index in [0.717, 1.165) is 31.2 Å². The molecule has 3 saturated heterocycles. The van der Waals surface area contributed by atoms with Crippen LogP contribution in [-0.2, 0) is 25.5 Å². The summed E-state index contributed by atoms with van der Waals surface area (Å²) < 4.78 is 11.4. The number of fused-ring (bicyclic) bond motifs is 1. The predicted octanol–water partition coefficient (Wildman–Crippen LogP) is 0.925. The van der Waals surface area contributed by atoms with E-state index in [1.807, 2.05) is 17.0 Å². The Kier molecular flexibility index (Phi) is 5.69. The Labute approximate surface area is 159 Å². The van der Waals surface area contributed by atoms with E-state index in [-0.39, 0.29) is 36.0 Å². The first kappa shape index (κ1) is 18.4. The van der Waals surface area contributed by atoms with Crippen molar-refractivity contribution in [3.05, 3.63) is 30.1 Å². The Morgan fingerprint density at radius 2 is 1.93 bits per heavy atom. The van der Waals surface area contributed by atoms with Crippen LogP contribution in [0.1, 0.15) is 31.2 Å². The zero-order valence-electron chi connectivity index (χ0n) is 15.5. The summed E-state index contributed by atoms with van der Waals surface area (Å²) in [5, 5.41) is 3.04. The van der Waals surface area contributed by atoms with Gasteiger partial charge in [-0.3, -0.25) is 14.6 Å². The van der Waals surface area contributed by atoms with E-state index in [0.29, 0.717) is 32.7 Å². The normalized spacial score (nSPS) is 28.1. The van der Waals surface area contributed by atoms with Crippen LogP contribution in [0.2, 0.25) is 0 Å². The highest BCUT2D eigenvalue weighted by molar-refractivity contribution is 5.80. The molecule has 3 aliphatic heterocycles. The van der Waals surface area contributed by atoms with Gasteiger partial charge in [0.15, 0.2) is 0 Å². The molecule has 27 heavy (non-hydrogen) atoms. The first-order valence-electron chi connectivity index (χ1n) is 9.90. The van der Waals surface area contributed by atoms with Crippen molar-refractivity contribution in [3.63, 3.8) is 0 Å².